The van der Waals surface area contributed by atoms with Crippen molar-refractivity contribution in [3.8, 4) is 0 Å². The second-order valence-electron chi connectivity index (χ2n) is 6.26. The SMILES string of the molecule is CCCCN.CSSC[C@H](NC(=O)C(N)CCCCN)C(=O)O.NCC(=O)NCC(=O)O. The van der Waals surface area contributed by atoms with E-state index in [0.717, 1.165) is 19.4 Å². The first-order chi connectivity index (χ1) is 15.1. The maximum atomic E-state index is 11.7. The van der Waals surface area contributed by atoms with E-state index in [1.54, 1.807) is 0 Å². The summed E-state index contributed by atoms with van der Waals surface area (Å²) in [6, 6.07) is -1.56. The number of rotatable bonds is 15. The Labute approximate surface area is 197 Å². The fourth-order valence-corrected chi connectivity index (χ4v) is 2.99. The molecule has 0 aromatic rings. The van der Waals surface area contributed by atoms with Crippen LogP contribution in [-0.4, -0.2) is 84.2 Å². The number of carbonyl (C=O) groups is 4. The van der Waals surface area contributed by atoms with Crippen molar-refractivity contribution in [3.63, 3.8) is 0 Å². The van der Waals surface area contributed by atoms with Crippen molar-refractivity contribution in [1.82, 2.24) is 10.6 Å². The van der Waals surface area contributed by atoms with E-state index in [2.05, 4.69) is 17.6 Å². The largest absolute Gasteiger partial charge is 0.480 e. The summed E-state index contributed by atoms with van der Waals surface area (Å²) in [5.74, 6) is -2.67. The van der Waals surface area contributed by atoms with Crippen LogP contribution >= 0.6 is 21.6 Å². The summed E-state index contributed by atoms with van der Waals surface area (Å²) in [4.78, 5) is 42.6. The highest BCUT2D eigenvalue weighted by Gasteiger charge is 2.22. The molecule has 0 saturated heterocycles. The molecule has 0 aromatic carbocycles. The van der Waals surface area contributed by atoms with Crippen LogP contribution in [0.15, 0.2) is 0 Å². The predicted octanol–water partition coefficient (Wildman–Crippen LogP) is -1.09. The van der Waals surface area contributed by atoms with Gasteiger partial charge in [-0.3, -0.25) is 14.4 Å². The molecule has 0 heterocycles. The molecule has 12 N–H and O–H groups in total. The Morgan fingerprint density at radius 1 is 1.00 bits per heavy atom. The second-order valence-corrected chi connectivity index (χ2v) is 8.87. The molecule has 0 aliphatic carbocycles. The number of carboxylic acid groups (broad SMARTS) is 2. The van der Waals surface area contributed by atoms with E-state index in [-0.39, 0.29) is 13.1 Å². The molecule has 0 aliphatic rings. The van der Waals surface area contributed by atoms with Gasteiger partial charge in [-0.05, 0) is 38.6 Å². The molecule has 0 spiro atoms. The number of aliphatic carboxylic acids is 2. The van der Waals surface area contributed by atoms with Crippen LogP contribution in [-0.2, 0) is 19.2 Å². The maximum Gasteiger partial charge on any atom is 0.327 e. The van der Waals surface area contributed by atoms with Gasteiger partial charge in [0.05, 0.1) is 12.6 Å². The number of amides is 2. The van der Waals surface area contributed by atoms with E-state index >= 15 is 0 Å². The predicted molar refractivity (Wildman–Crippen MR) is 130 cm³/mol. The monoisotopic (exact) mass is 500 g/mol. The number of unbranched alkanes of at least 4 members (excludes halogenated alkanes) is 2. The second kappa shape index (κ2) is 25.7. The molecule has 0 radical (unpaired) electrons. The van der Waals surface area contributed by atoms with Gasteiger partial charge >= 0.3 is 11.9 Å². The van der Waals surface area contributed by atoms with E-state index in [1.807, 2.05) is 6.26 Å². The Balaban J connectivity index is -0.000000496. The van der Waals surface area contributed by atoms with E-state index < -0.39 is 35.8 Å². The highest BCUT2D eigenvalue weighted by atomic mass is 33.1. The molecule has 0 saturated carbocycles. The Morgan fingerprint density at radius 3 is 1.97 bits per heavy atom. The van der Waals surface area contributed by atoms with E-state index in [9.17, 15) is 19.2 Å². The zero-order chi connectivity index (χ0) is 25.4. The number of hydrogen-bond donors (Lipinski definition) is 8. The minimum Gasteiger partial charge on any atom is -0.480 e. The van der Waals surface area contributed by atoms with Crippen LogP contribution in [0.5, 0.6) is 0 Å². The third-order valence-corrected chi connectivity index (χ3v) is 5.27. The molecular formula is C18H40N6O6S2. The van der Waals surface area contributed by atoms with Crippen molar-refractivity contribution in [3.05, 3.63) is 0 Å². The molecule has 190 valence electrons. The smallest absolute Gasteiger partial charge is 0.327 e. The van der Waals surface area contributed by atoms with Crippen LogP contribution in [0.25, 0.3) is 0 Å². The number of nitrogens with two attached hydrogens (primary N) is 4. The molecule has 0 fully saturated rings. The fourth-order valence-electron chi connectivity index (χ4n) is 1.68. The Hall–Kier alpha value is -1.58. The van der Waals surface area contributed by atoms with Gasteiger partial charge in [0.2, 0.25) is 11.8 Å². The maximum absolute atomic E-state index is 11.7. The van der Waals surface area contributed by atoms with Gasteiger partial charge in [-0.2, -0.15) is 0 Å². The van der Waals surface area contributed by atoms with Gasteiger partial charge in [0.1, 0.15) is 12.6 Å². The van der Waals surface area contributed by atoms with Gasteiger partial charge in [-0.25, -0.2) is 4.79 Å². The van der Waals surface area contributed by atoms with Crippen LogP contribution in [0.3, 0.4) is 0 Å². The van der Waals surface area contributed by atoms with Crippen molar-refractivity contribution in [2.45, 2.75) is 51.1 Å². The third-order valence-electron chi connectivity index (χ3n) is 3.45. The van der Waals surface area contributed by atoms with Crippen LogP contribution in [0.1, 0.15) is 39.0 Å². The van der Waals surface area contributed by atoms with Gasteiger partial charge in [0, 0.05) is 5.75 Å². The lowest BCUT2D eigenvalue weighted by Crippen LogP contribution is -2.49. The summed E-state index contributed by atoms with van der Waals surface area (Å²) in [6.07, 6.45) is 6.33. The Bertz CT molecular complexity index is 514. The van der Waals surface area contributed by atoms with Crippen molar-refractivity contribution in [2.75, 3.05) is 38.2 Å². The van der Waals surface area contributed by atoms with Crippen molar-refractivity contribution in [1.29, 1.82) is 0 Å². The van der Waals surface area contributed by atoms with E-state index in [0.29, 0.717) is 18.7 Å². The average Bonchev–Trinajstić information content (AvgIpc) is 2.76. The zero-order valence-corrected chi connectivity index (χ0v) is 20.5. The molecule has 32 heavy (non-hydrogen) atoms. The fraction of sp³-hybridized carbons (Fsp3) is 0.778. The summed E-state index contributed by atoms with van der Waals surface area (Å²) >= 11 is 0. The quantitative estimate of drug-likeness (QED) is 0.0989. The molecule has 1 unspecified atom stereocenters. The highest BCUT2D eigenvalue weighted by molar-refractivity contribution is 8.76. The number of carboxylic acids is 2. The summed E-state index contributed by atoms with van der Waals surface area (Å²) in [5, 5.41) is 21.5. The molecule has 14 heteroatoms. The first kappa shape index (κ1) is 35.0. The Morgan fingerprint density at radius 2 is 1.59 bits per heavy atom. The zero-order valence-electron chi connectivity index (χ0n) is 18.9. The first-order valence-corrected chi connectivity index (χ1v) is 12.9. The highest BCUT2D eigenvalue weighted by Crippen LogP contribution is 2.17. The van der Waals surface area contributed by atoms with Crippen LogP contribution < -0.4 is 33.6 Å². The minimum absolute atomic E-state index is 0.173. The van der Waals surface area contributed by atoms with Gasteiger partial charge in [-0.1, -0.05) is 41.4 Å². The van der Waals surface area contributed by atoms with Crippen LogP contribution in [0.2, 0.25) is 0 Å². The van der Waals surface area contributed by atoms with E-state index in [1.165, 1.54) is 34.4 Å². The van der Waals surface area contributed by atoms with Gasteiger partial charge in [-0.15, -0.1) is 0 Å². The van der Waals surface area contributed by atoms with Crippen LogP contribution in [0.4, 0.5) is 0 Å². The summed E-state index contributed by atoms with van der Waals surface area (Å²) in [5.41, 5.74) is 21.0. The molecule has 12 nitrogen and oxygen atoms in total. The summed E-state index contributed by atoms with van der Waals surface area (Å²) < 4.78 is 0. The van der Waals surface area contributed by atoms with E-state index in [4.69, 9.17) is 33.1 Å². The lowest BCUT2D eigenvalue weighted by Gasteiger charge is -2.17. The van der Waals surface area contributed by atoms with Crippen molar-refractivity contribution in [2.24, 2.45) is 22.9 Å². The van der Waals surface area contributed by atoms with Crippen LogP contribution in [0, 0.1) is 0 Å². The molecule has 0 aliphatic heterocycles. The average molecular weight is 501 g/mol. The van der Waals surface area contributed by atoms with Gasteiger partial charge < -0.3 is 43.8 Å². The lowest BCUT2D eigenvalue weighted by atomic mass is 10.1. The van der Waals surface area contributed by atoms with Gasteiger partial charge in [0.15, 0.2) is 0 Å². The normalized spacial score (nSPS) is 11.6. The number of hydrogen-bond acceptors (Lipinski definition) is 10. The molecule has 2 amide bonds. The molecule has 0 bridgehead atoms. The topological polar surface area (TPSA) is 237 Å². The molecular weight excluding hydrogens is 460 g/mol. The number of carbonyl (C=O) groups excluding carboxylic acids is 2. The molecule has 2 atom stereocenters. The summed E-state index contributed by atoms with van der Waals surface area (Å²) in [6.45, 7) is 3.00. The molecule has 0 aromatic heterocycles. The van der Waals surface area contributed by atoms with Crippen molar-refractivity contribution < 1.29 is 29.4 Å². The third kappa shape index (κ3) is 26.5. The first-order valence-electron chi connectivity index (χ1n) is 10.1. The lowest BCUT2D eigenvalue weighted by molar-refractivity contribution is -0.141. The standard InChI is InChI=1S/C10H21N3O3S2.C4H8N2O3.C4H11N/c1-17-18-6-8(10(15)16)13-9(14)7(12)4-2-3-5-11;5-1-3(7)6-2-4(8)9;1-2-3-4-5/h7-8H,2-6,11-12H2,1H3,(H,13,14)(H,15,16);1-2,5H2,(H,6,7)(H,8,9);2-5H2,1H3/t7?,8-;;/m0../s1. The number of nitrogens with one attached hydrogen (secondary N) is 2. The van der Waals surface area contributed by atoms with Crippen molar-refractivity contribution >= 4 is 45.3 Å². The van der Waals surface area contributed by atoms with Gasteiger partial charge in [0.25, 0.3) is 0 Å². The Kier molecular flexibility index (Phi) is 28.1. The summed E-state index contributed by atoms with van der Waals surface area (Å²) in [7, 11) is 2.84. The minimum atomic E-state index is -1.07. The molecule has 0 rings (SSSR count).